The van der Waals surface area contributed by atoms with Gasteiger partial charge in [-0.05, 0) is 49.3 Å². The number of hydrogen-bond donors (Lipinski definition) is 6. The molecule has 0 fully saturated rings. The number of amides is 3. The van der Waals surface area contributed by atoms with Gasteiger partial charge in [0, 0.05) is 52.0 Å². The van der Waals surface area contributed by atoms with Crippen LogP contribution in [0.4, 0.5) is 17.1 Å². The third kappa shape index (κ3) is 11.5. The molecule has 0 aliphatic rings. The average Bonchev–Trinajstić information content (AvgIpc) is 2.86. The SMILES string of the molecule is CCCC(CC)/C(=C/C(=O)Nc1cc(NC(=O)/C=C(/CC)C(=O)O)cc(NC(=O)/C=C(\C(=O)O)C(C)C)c1)C(=O)O. The number of rotatable bonds is 15. The van der Waals surface area contributed by atoms with E-state index in [1.54, 1.807) is 20.8 Å². The van der Waals surface area contributed by atoms with Gasteiger partial charge in [-0.1, -0.05) is 41.0 Å². The fourth-order valence-corrected chi connectivity index (χ4v) is 3.89. The summed E-state index contributed by atoms with van der Waals surface area (Å²) in [6.45, 7) is 8.50. The van der Waals surface area contributed by atoms with Crippen molar-refractivity contribution in [1.29, 1.82) is 0 Å². The van der Waals surface area contributed by atoms with Gasteiger partial charge in [0.15, 0.2) is 0 Å². The molecule has 0 radical (unpaired) electrons. The van der Waals surface area contributed by atoms with Crippen LogP contribution >= 0.6 is 0 Å². The normalized spacial score (nSPS) is 12.9. The molecule has 0 saturated carbocycles. The van der Waals surface area contributed by atoms with Crippen LogP contribution in [-0.4, -0.2) is 50.9 Å². The number of nitrogens with one attached hydrogen (secondary N) is 3. The molecule has 41 heavy (non-hydrogen) atoms. The molecule has 0 aromatic heterocycles. The molecule has 1 aromatic carbocycles. The molecule has 0 heterocycles. The number of hydrogen-bond acceptors (Lipinski definition) is 6. The van der Waals surface area contributed by atoms with Crippen LogP contribution in [0.3, 0.4) is 0 Å². The summed E-state index contributed by atoms with van der Waals surface area (Å²) in [5.74, 6) is -6.88. The molecular weight excluding hydrogens is 534 g/mol. The van der Waals surface area contributed by atoms with Gasteiger partial charge in [-0.15, -0.1) is 0 Å². The predicted molar refractivity (Wildman–Crippen MR) is 153 cm³/mol. The Labute approximate surface area is 238 Å². The highest BCUT2D eigenvalue weighted by atomic mass is 16.4. The number of carboxylic acid groups (broad SMARTS) is 3. The van der Waals surface area contributed by atoms with E-state index >= 15 is 0 Å². The molecule has 1 unspecified atom stereocenters. The predicted octanol–water partition coefficient (Wildman–Crippen LogP) is 4.43. The molecule has 222 valence electrons. The van der Waals surface area contributed by atoms with E-state index in [1.807, 2.05) is 13.8 Å². The molecule has 12 heteroatoms. The first-order valence-corrected chi connectivity index (χ1v) is 13.1. The van der Waals surface area contributed by atoms with Gasteiger partial charge in [0.2, 0.25) is 17.7 Å². The molecule has 6 N–H and O–H groups in total. The Hall–Kier alpha value is -4.74. The lowest BCUT2D eigenvalue weighted by atomic mass is 9.91. The van der Waals surface area contributed by atoms with E-state index < -0.39 is 41.5 Å². The van der Waals surface area contributed by atoms with Crippen LogP contribution in [-0.2, 0) is 28.8 Å². The Bertz CT molecular complexity index is 1280. The van der Waals surface area contributed by atoms with Crippen LogP contribution in [0.2, 0.25) is 0 Å². The van der Waals surface area contributed by atoms with Gasteiger partial charge in [0.25, 0.3) is 0 Å². The lowest BCUT2D eigenvalue weighted by molar-refractivity contribution is -0.134. The fourth-order valence-electron chi connectivity index (χ4n) is 3.89. The number of benzene rings is 1. The molecule has 1 aromatic rings. The second-order valence-corrected chi connectivity index (χ2v) is 9.45. The molecule has 0 bridgehead atoms. The fraction of sp³-hybridized carbons (Fsp3) is 0.379. The van der Waals surface area contributed by atoms with Gasteiger partial charge in [0.05, 0.1) is 0 Å². The standard InChI is InChI=1S/C29H37N3O9/c1-6-9-17(7-2)23(29(40)41)15-26(35)32-21-12-19(30-24(33)10-18(8-3)27(36)37)11-20(13-21)31-25(34)14-22(16(4)5)28(38)39/h10-17H,6-9H2,1-5H3,(H,30,33)(H,31,34)(H,32,35)(H,36,37)(H,38,39)(H,40,41)/b18-10-,22-14-,23-15-. The lowest BCUT2D eigenvalue weighted by Gasteiger charge is -2.15. The van der Waals surface area contributed by atoms with Gasteiger partial charge >= 0.3 is 17.9 Å². The van der Waals surface area contributed by atoms with Crippen LogP contribution in [0.5, 0.6) is 0 Å². The highest BCUT2D eigenvalue weighted by Crippen LogP contribution is 2.25. The Morgan fingerprint density at radius 2 is 1.10 bits per heavy atom. The molecule has 1 atom stereocenters. The topological polar surface area (TPSA) is 199 Å². The van der Waals surface area contributed by atoms with E-state index in [4.69, 9.17) is 0 Å². The van der Waals surface area contributed by atoms with Gasteiger partial charge < -0.3 is 31.3 Å². The number of carbonyl (C=O) groups is 6. The van der Waals surface area contributed by atoms with Crippen molar-refractivity contribution >= 4 is 52.7 Å². The van der Waals surface area contributed by atoms with Gasteiger partial charge in [-0.3, -0.25) is 14.4 Å². The van der Waals surface area contributed by atoms with Crippen LogP contribution in [0.25, 0.3) is 0 Å². The zero-order valence-electron chi connectivity index (χ0n) is 23.7. The van der Waals surface area contributed by atoms with Crippen LogP contribution in [0, 0.1) is 11.8 Å². The molecular formula is C29H37N3O9. The minimum Gasteiger partial charge on any atom is -0.478 e. The summed E-state index contributed by atoms with van der Waals surface area (Å²) < 4.78 is 0. The van der Waals surface area contributed by atoms with Crippen LogP contribution in [0.15, 0.2) is 53.1 Å². The number of carboxylic acids is 3. The van der Waals surface area contributed by atoms with E-state index in [9.17, 15) is 44.1 Å². The maximum absolute atomic E-state index is 12.8. The minimum atomic E-state index is -1.27. The largest absolute Gasteiger partial charge is 0.478 e. The van der Waals surface area contributed by atoms with Crippen molar-refractivity contribution in [3.05, 3.63) is 53.1 Å². The van der Waals surface area contributed by atoms with E-state index in [0.717, 1.165) is 24.6 Å². The zero-order valence-corrected chi connectivity index (χ0v) is 23.7. The van der Waals surface area contributed by atoms with Crippen molar-refractivity contribution in [3.63, 3.8) is 0 Å². The first-order valence-electron chi connectivity index (χ1n) is 13.1. The summed E-state index contributed by atoms with van der Waals surface area (Å²) in [5.41, 5.74) is -0.163. The first-order chi connectivity index (χ1) is 19.2. The maximum Gasteiger partial charge on any atom is 0.332 e. The number of aliphatic carboxylic acids is 3. The second kappa shape index (κ2) is 16.4. The Kier molecular flexibility index (Phi) is 13.7. The van der Waals surface area contributed by atoms with Crippen molar-refractivity contribution in [2.45, 2.75) is 60.3 Å². The number of carbonyl (C=O) groups excluding carboxylic acids is 3. The van der Waals surface area contributed by atoms with Gasteiger partial charge in [-0.25, -0.2) is 14.4 Å². The van der Waals surface area contributed by atoms with Crippen molar-refractivity contribution in [2.24, 2.45) is 11.8 Å². The van der Waals surface area contributed by atoms with Crippen LogP contribution < -0.4 is 16.0 Å². The first kappa shape index (κ1) is 34.3. The highest BCUT2D eigenvalue weighted by molar-refractivity contribution is 6.08. The lowest BCUT2D eigenvalue weighted by Crippen LogP contribution is -2.18. The zero-order chi connectivity index (χ0) is 31.3. The summed E-state index contributed by atoms with van der Waals surface area (Å²) >= 11 is 0. The quantitative estimate of drug-likeness (QED) is 0.165. The van der Waals surface area contributed by atoms with Crippen molar-refractivity contribution in [1.82, 2.24) is 0 Å². The Morgan fingerprint density at radius 1 is 0.683 bits per heavy atom. The molecule has 1 rings (SSSR count). The summed E-state index contributed by atoms with van der Waals surface area (Å²) in [6.07, 6.45) is 4.71. The molecule has 0 aliphatic heterocycles. The second-order valence-electron chi connectivity index (χ2n) is 9.45. The van der Waals surface area contributed by atoms with E-state index in [0.29, 0.717) is 12.8 Å². The molecule has 12 nitrogen and oxygen atoms in total. The summed E-state index contributed by atoms with van der Waals surface area (Å²) in [6, 6.07) is 3.98. The summed E-state index contributed by atoms with van der Waals surface area (Å²) in [7, 11) is 0. The van der Waals surface area contributed by atoms with E-state index in [1.165, 1.54) is 18.2 Å². The van der Waals surface area contributed by atoms with Gasteiger partial charge in [0.1, 0.15) is 0 Å². The third-order valence-corrected chi connectivity index (χ3v) is 5.96. The van der Waals surface area contributed by atoms with E-state index in [2.05, 4.69) is 16.0 Å². The maximum atomic E-state index is 12.8. The molecule has 0 saturated heterocycles. The van der Waals surface area contributed by atoms with Crippen LogP contribution in [0.1, 0.15) is 60.3 Å². The summed E-state index contributed by atoms with van der Waals surface area (Å²) in [5, 5.41) is 35.6. The Balaban J connectivity index is 3.48. The van der Waals surface area contributed by atoms with Gasteiger partial charge in [-0.2, -0.15) is 0 Å². The minimum absolute atomic E-state index is 0.0595. The van der Waals surface area contributed by atoms with E-state index in [-0.39, 0.29) is 46.1 Å². The highest BCUT2D eigenvalue weighted by Gasteiger charge is 2.20. The molecule has 0 aliphatic carbocycles. The average molecular weight is 572 g/mol. The van der Waals surface area contributed by atoms with Crippen molar-refractivity contribution in [3.8, 4) is 0 Å². The smallest absolute Gasteiger partial charge is 0.332 e. The van der Waals surface area contributed by atoms with Crippen molar-refractivity contribution < 1.29 is 44.1 Å². The monoisotopic (exact) mass is 571 g/mol. The molecule has 0 spiro atoms. The van der Waals surface area contributed by atoms with Crippen molar-refractivity contribution in [2.75, 3.05) is 16.0 Å². The number of anilines is 3. The Morgan fingerprint density at radius 3 is 1.41 bits per heavy atom. The molecule has 3 amide bonds. The summed E-state index contributed by atoms with van der Waals surface area (Å²) in [4.78, 5) is 72.4. The third-order valence-electron chi connectivity index (χ3n) is 5.96.